The van der Waals surface area contributed by atoms with Crippen molar-refractivity contribution in [3.8, 4) is 0 Å². The van der Waals surface area contributed by atoms with Crippen molar-refractivity contribution in [2.75, 3.05) is 32.0 Å². The Kier molecular flexibility index (Phi) is 5.47. The van der Waals surface area contributed by atoms with Gasteiger partial charge in [-0.2, -0.15) is 5.10 Å². The molecule has 28 heavy (non-hydrogen) atoms. The summed E-state index contributed by atoms with van der Waals surface area (Å²) in [5.74, 6) is 0.374. The number of H-pyrrole nitrogens is 1. The Morgan fingerprint density at radius 2 is 2.14 bits per heavy atom. The summed E-state index contributed by atoms with van der Waals surface area (Å²) in [4.78, 5) is 19.8. The van der Waals surface area contributed by atoms with Gasteiger partial charge < -0.3 is 10.2 Å². The van der Waals surface area contributed by atoms with Crippen LogP contribution < -0.4 is 10.7 Å². The van der Waals surface area contributed by atoms with Crippen molar-refractivity contribution in [3.63, 3.8) is 0 Å². The van der Waals surface area contributed by atoms with E-state index in [9.17, 15) is 4.79 Å². The lowest BCUT2D eigenvalue weighted by atomic mass is 10.2. The molecule has 2 aromatic heterocycles. The molecule has 1 amide bonds. The third-order valence-corrected chi connectivity index (χ3v) is 5.82. The number of nitrogens with zero attached hydrogens (tertiary/aromatic N) is 4. The number of benzene rings is 1. The number of piperazine rings is 1. The van der Waals surface area contributed by atoms with Gasteiger partial charge in [-0.25, -0.2) is 9.99 Å². The first-order valence-electron chi connectivity index (χ1n) is 9.07. The smallest absolute Gasteiger partial charge is 0.269 e. The fourth-order valence-corrected chi connectivity index (χ4v) is 4.26. The highest BCUT2D eigenvalue weighted by molar-refractivity contribution is 14.1. The first-order valence-corrected chi connectivity index (χ1v) is 10.3. The first kappa shape index (κ1) is 19.1. The maximum atomic E-state index is 13.0. The predicted molar refractivity (Wildman–Crippen MR) is 118 cm³/mol. The molecular formula is C19H22IN7O. The van der Waals surface area contributed by atoms with Crippen LogP contribution in [-0.4, -0.2) is 61.7 Å². The molecule has 0 spiro atoms. The largest absolute Gasteiger partial charge is 0.339 e. The second-order valence-electron chi connectivity index (χ2n) is 6.98. The van der Waals surface area contributed by atoms with Crippen molar-refractivity contribution in [1.82, 2.24) is 30.5 Å². The Labute approximate surface area is 176 Å². The molecule has 0 aliphatic carbocycles. The number of aromatic amines is 1. The molecule has 0 bridgehead atoms. The highest BCUT2D eigenvalue weighted by Gasteiger charge is 2.25. The Bertz CT molecular complexity index is 1000. The van der Waals surface area contributed by atoms with Crippen molar-refractivity contribution in [1.29, 1.82) is 0 Å². The predicted octanol–water partition coefficient (Wildman–Crippen LogP) is 2.66. The van der Waals surface area contributed by atoms with E-state index in [0.717, 1.165) is 41.9 Å². The number of nitrogens with one attached hydrogen (secondary N) is 3. The molecule has 0 saturated carbocycles. The number of likely N-dealkylation sites (N-methyl/N-ethyl adjacent to an activating group) is 1. The van der Waals surface area contributed by atoms with Crippen LogP contribution in [-0.2, 0) is 0 Å². The molecule has 0 radical (unpaired) electrons. The van der Waals surface area contributed by atoms with E-state index in [1.807, 2.05) is 42.3 Å². The zero-order chi connectivity index (χ0) is 19.7. The summed E-state index contributed by atoms with van der Waals surface area (Å²) in [6.07, 6.45) is 1.78. The number of hydrogen-bond donors (Lipinski definition) is 3. The molecule has 146 valence electrons. The SMILES string of the molecule is Cc1ccc(C(=O)NN2CCN(C)CC2I)c(Nc2ccc3cn[nH]c3c2)n1. The van der Waals surface area contributed by atoms with E-state index in [1.54, 1.807) is 6.20 Å². The van der Waals surface area contributed by atoms with E-state index < -0.39 is 0 Å². The molecule has 3 N–H and O–H groups in total. The van der Waals surface area contributed by atoms with Gasteiger partial charge in [-0.3, -0.25) is 15.3 Å². The van der Waals surface area contributed by atoms with Crippen LogP contribution in [0, 0.1) is 6.92 Å². The molecule has 3 aromatic rings. The van der Waals surface area contributed by atoms with E-state index in [1.165, 1.54) is 0 Å². The lowest BCUT2D eigenvalue weighted by molar-refractivity contribution is 0.0629. The number of hydrogen-bond acceptors (Lipinski definition) is 6. The minimum Gasteiger partial charge on any atom is -0.339 e. The molecule has 1 aliphatic rings. The number of aromatic nitrogens is 3. The van der Waals surface area contributed by atoms with Crippen LogP contribution in [0.4, 0.5) is 11.5 Å². The second-order valence-corrected chi connectivity index (χ2v) is 8.41. The molecule has 1 fully saturated rings. The normalized spacial score (nSPS) is 18.3. The van der Waals surface area contributed by atoms with Crippen LogP contribution in [0.5, 0.6) is 0 Å². The molecule has 8 nitrogen and oxygen atoms in total. The lowest BCUT2D eigenvalue weighted by Gasteiger charge is -2.36. The number of alkyl halides is 1. The van der Waals surface area contributed by atoms with Gasteiger partial charge in [-0.1, -0.05) is 22.6 Å². The molecule has 3 heterocycles. The van der Waals surface area contributed by atoms with Crippen LogP contribution in [0.15, 0.2) is 36.5 Å². The van der Waals surface area contributed by atoms with E-state index >= 15 is 0 Å². The highest BCUT2D eigenvalue weighted by atomic mass is 127. The van der Waals surface area contributed by atoms with E-state index in [2.05, 4.69) is 60.5 Å². The minimum absolute atomic E-state index is 0.163. The fraction of sp³-hybridized carbons (Fsp3) is 0.316. The standard InChI is InChI=1S/C19H22IN7O/c1-12-3-6-15(19(28)25-27-8-7-26(2)11-17(27)20)18(22-12)23-14-5-4-13-10-21-24-16(13)9-14/h3-6,9-10,17H,7-8,11H2,1-2H3,(H,21,24)(H,22,23)(H,25,28). The molecular weight excluding hydrogens is 469 g/mol. The van der Waals surface area contributed by atoms with Gasteiger partial charge in [-0.05, 0) is 44.3 Å². The molecule has 1 aliphatic heterocycles. The Balaban J connectivity index is 1.56. The van der Waals surface area contributed by atoms with Crippen LogP contribution in [0.25, 0.3) is 10.9 Å². The number of aryl methyl sites for hydroxylation is 1. The van der Waals surface area contributed by atoms with E-state index in [4.69, 9.17) is 0 Å². The van der Waals surface area contributed by atoms with Gasteiger partial charge in [0.1, 0.15) is 5.82 Å². The third kappa shape index (κ3) is 4.10. The number of anilines is 2. The molecule has 9 heteroatoms. The number of fused-ring (bicyclic) bond motifs is 1. The van der Waals surface area contributed by atoms with Gasteiger partial charge in [0.25, 0.3) is 5.91 Å². The maximum Gasteiger partial charge on any atom is 0.269 e. The van der Waals surface area contributed by atoms with Crippen LogP contribution >= 0.6 is 22.6 Å². The average Bonchev–Trinajstić information content (AvgIpc) is 3.12. The van der Waals surface area contributed by atoms with Gasteiger partial charge >= 0.3 is 0 Å². The summed E-state index contributed by atoms with van der Waals surface area (Å²) < 4.78 is 0.220. The number of amides is 1. The number of carbonyl (C=O) groups is 1. The Morgan fingerprint density at radius 1 is 1.29 bits per heavy atom. The maximum absolute atomic E-state index is 13.0. The topological polar surface area (TPSA) is 89.2 Å². The summed E-state index contributed by atoms with van der Waals surface area (Å²) in [5.41, 5.74) is 6.16. The van der Waals surface area contributed by atoms with Gasteiger partial charge in [0.2, 0.25) is 0 Å². The second kappa shape index (κ2) is 8.02. The third-order valence-electron chi connectivity index (χ3n) is 4.75. The highest BCUT2D eigenvalue weighted by Crippen LogP contribution is 2.23. The van der Waals surface area contributed by atoms with Crippen molar-refractivity contribution in [2.45, 2.75) is 11.0 Å². The zero-order valence-electron chi connectivity index (χ0n) is 15.7. The van der Waals surface area contributed by atoms with Crippen molar-refractivity contribution >= 4 is 50.9 Å². The first-order chi connectivity index (χ1) is 13.5. The Hall–Kier alpha value is -2.24. The van der Waals surface area contributed by atoms with Crippen LogP contribution in [0.1, 0.15) is 16.1 Å². The van der Waals surface area contributed by atoms with Crippen LogP contribution in [0.3, 0.4) is 0 Å². The minimum atomic E-state index is -0.163. The van der Waals surface area contributed by atoms with Gasteiger partial charge in [0.15, 0.2) is 0 Å². The van der Waals surface area contributed by atoms with E-state index in [-0.39, 0.29) is 9.96 Å². The molecule has 1 saturated heterocycles. The van der Waals surface area contributed by atoms with Gasteiger partial charge in [0.05, 0.1) is 21.3 Å². The lowest BCUT2D eigenvalue weighted by Crippen LogP contribution is -2.56. The van der Waals surface area contributed by atoms with Crippen LogP contribution in [0.2, 0.25) is 0 Å². The van der Waals surface area contributed by atoms with Crippen molar-refractivity contribution in [2.24, 2.45) is 0 Å². The summed E-state index contributed by atoms with van der Waals surface area (Å²) in [6, 6.07) is 9.54. The van der Waals surface area contributed by atoms with Crippen molar-refractivity contribution < 1.29 is 4.79 Å². The molecule has 1 aromatic carbocycles. The monoisotopic (exact) mass is 491 g/mol. The number of hydrazine groups is 1. The van der Waals surface area contributed by atoms with E-state index in [0.29, 0.717) is 11.4 Å². The molecule has 4 rings (SSSR count). The molecule has 1 unspecified atom stereocenters. The summed E-state index contributed by atoms with van der Waals surface area (Å²) in [6.45, 7) is 4.52. The summed E-state index contributed by atoms with van der Waals surface area (Å²) in [5, 5.41) is 13.3. The quantitative estimate of drug-likeness (QED) is 0.296. The van der Waals surface area contributed by atoms with Gasteiger partial charge in [-0.15, -0.1) is 0 Å². The average molecular weight is 491 g/mol. The fourth-order valence-electron chi connectivity index (χ4n) is 3.17. The number of carbonyl (C=O) groups excluding carboxylic acids is 1. The number of rotatable bonds is 4. The zero-order valence-corrected chi connectivity index (χ0v) is 17.9. The molecule has 1 atom stereocenters. The Morgan fingerprint density at radius 3 is 2.96 bits per heavy atom. The van der Waals surface area contributed by atoms with Crippen molar-refractivity contribution in [3.05, 3.63) is 47.8 Å². The number of halogens is 1. The summed E-state index contributed by atoms with van der Waals surface area (Å²) >= 11 is 2.36. The number of pyridine rings is 1. The van der Waals surface area contributed by atoms with Gasteiger partial charge in [0, 0.05) is 36.4 Å². The summed E-state index contributed by atoms with van der Waals surface area (Å²) in [7, 11) is 2.09.